The van der Waals surface area contributed by atoms with Gasteiger partial charge in [-0.3, -0.25) is 14.4 Å². The summed E-state index contributed by atoms with van der Waals surface area (Å²) >= 11 is 0. The fourth-order valence-corrected chi connectivity index (χ4v) is 0.853. The van der Waals surface area contributed by atoms with E-state index in [2.05, 4.69) is 0 Å². The molecule has 0 aromatic heterocycles. The van der Waals surface area contributed by atoms with Crippen molar-refractivity contribution in [2.24, 2.45) is 11.7 Å². The second-order valence-electron chi connectivity index (χ2n) is 2.64. The molecule has 0 aromatic carbocycles. The molecule has 1 atom stereocenters. The number of carbonyl (C=O) groups is 3. The minimum atomic E-state index is -1.19. The summed E-state index contributed by atoms with van der Waals surface area (Å²) in [6.45, 7) is 0. The highest BCUT2D eigenvalue weighted by Crippen LogP contribution is 2.10. The van der Waals surface area contributed by atoms with Crippen LogP contribution in [0.5, 0.6) is 0 Å². The SMILES string of the molecule is NC(=O)CC(CCC(=O)O)C(=O)O. The summed E-state index contributed by atoms with van der Waals surface area (Å²) in [5, 5.41) is 16.8. The van der Waals surface area contributed by atoms with Crippen LogP contribution in [0, 0.1) is 5.92 Å². The van der Waals surface area contributed by atoms with E-state index in [0.29, 0.717) is 0 Å². The molecule has 0 aliphatic carbocycles. The molecule has 0 fully saturated rings. The number of hydrogen-bond donors (Lipinski definition) is 3. The second-order valence-corrected chi connectivity index (χ2v) is 2.64. The molecule has 0 aliphatic heterocycles. The zero-order chi connectivity index (χ0) is 10.4. The van der Waals surface area contributed by atoms with Crippen molar-refractivity contribution in [3.63, 3.8) is 0 Å². The van der Waals surface area contributed by atoms with Gasteiger partial charge >= 0.3 is 11.9 Å². The maximum atomic E-state index is 10.4. The summed E-state index contributed by atoms with van der Waals surface area (Å²) in [6, 6.07) is 0. The number of primary amides is 1. The molecular weight excluding hydrogens is 178 g/mol. The Morgan fingerprint density at radius 3 is 2.08 bits per heavy atom. The molecule has 0 heterocycles. The lowest BCUT2D eigenvalue weighted by Gasteiger charge is -2.07. The molecule has 1 amide bonds. The Hall–Kier alpha value is -1.59. The number of hydrogen-bond acceptors (Lipinski definition) is 3. The van der Waals surface area contributed by atoms with Crippen LogP contribution in [0.2, 0.25) is 0 Å². The van der Waals surface area contributed by atoms with Gasteiger partial charge in [-0.2, -0.15) is 0 Å². The van der Waals surface area contributed by atoms with Gasteiger partial charge in [-0.25, -0.2) is 0 Å². The van der Waals surface area contributed by atoms with Gasteiger partial charge in [0.2, 0.25) is 5.91 Å². The van der Waals surface area contributed by atoms with Crippen LogP contribution in [0.4, 0.5) is 0 Å². The van der Waals surface area contributed by atoms with Crippen LogP contribution in [0.1, 0.15) is 19.3 Å². The zero-order valence-electron chi connectivity index (χ0n) is 6.90. The molecule has 6 heteroatoms. The highest BCUT2D eigenvalue weighted by atomic mass is 16.4. The molecule has 0 spiro atoms. The number of rotatable bonds is 6. The number of aliphatic carboxylic acids is 2. The Balaban J connectivity index is 4.02. The first kappa shape index (κ1) is 11.4. The molecule has 0 saturated carbocycles. The van der Waals surface area contributed by atoms with Crippen molar-refractivity contribution in [2.45, 2.75) is 19.3 Å². The van der Waals surface area contributed by atoms with Crippen LogP contribution in [-0.2, 0) is 14.4 Å². The average Bonchev–Trinajstić information content (AvgIpc) is 1.96. The molecule has 0 aromatic rings. The summed E-state index contributed by atoms with van der Waals surface area (Å²) in [6.07, 6.45) is -0.666. The molecule has 4 N–H and O–H groups in total. The molecule has 0 bridgehead atoms. The first-order chi connectivity index (χ1) is 5.93. The van der Waals surface area contributed by atoms with Crippen molar-refractivity contribution in [2.75, 3.05) is 0 Å². The topological polar surface area (TPSA) is 118 Å². The Morgan fingerprint density at radius 2 is 1.77 bits per heavy atom. The first-order valence-electron chi connectivity index (χ1n) is 3.66. The van der Waals surface area contributed by atoms with E-state index in [1.807, 2.05) is 0 Å². The summed E-state index contributed by atoms with van der Waals surface area (Å²) < 4.78 is 0. The smallest absolute Gasteiger partial charge is 0.307 e. The summed E-state index contributed by atoms with van der Waals surface area (Å²) in [5.74, 6) is -4.01. The van der Waals surface area contributed by atoms with Crippen LogP contribution >= 0.6 is 0 Å². The lowest BCUT2D eigenvalue weighted by molar-refractivity contribution is -0.144. The van der Waals surface area contributed by atoms with Gasteiger partial charge in [-0.15, -0.1) is 0 Å². The van der Waals surface area contributed by atoms with Crippen molar-refractivity contribution in [1.29, 1.82) is 0 Å². The second kappa shape index (κ2) is 5.13. The normalized spacial score (nSPS) is 12.0. The third-order valence-electron chi connectivity index (χ3n) is 1.50. The van der Waals surface area contributed by atoms with Gasteiger partial charge in [0, 0.05) is 12.8 Å². The molecular formula is C7H11NO5. The fourth-order valence-electron chi connectivity index (χ4n) is 0.853. The minimum absolute atomic E-state index is 0.0758. The molecule has 0 radical (unpaired) electrons. The van der Waals surface area contributed by atoms with Crippen molar-refractivity contribution in [3.05, 3.63) is 0 Å². The van der Waals surface area contributed by atoms with Gasteiger partial charge < -0.3 is 15.9 Å². The van der Waals surface area contributed by atoms with E-state index >= 15 is 0 Å². The standard InChI is InChI=1S/C7H11NO5/c8-5(9)3-4(7(12)13)1-2-6(10)11/h4H,1-3H2,(H2,8,9)(H,10,11)(H,12,13). The molecule has 74 valence electrons. The van der Waals surface area contributed by atoms with E-state index in [1.54, 1.807) is 0 Å². The van der Waals surface area contributed by atoms with Gasteiger partial charge in [-0.1, -0.05) is 0 Å². The molecule has 13 heavy (non-hydrogen) atoms. The number of carboxylic acids is 2. The van der Waals surface area contributed by atoms with Gasteiger partial charge in [0.05, 0.1) is 5.92 Å². The monoisotopic (exact) mass is 189 g/mol. The number of carbonyl (C=O) groups excluding carboxylic acids is 1. The van der Waals surface area contributed by atoms with Crippen molar-refractivity contribution in [3.8, 4) is 0 Å². The Kier molecular flexibility index (Phi) is 4.50. The Labute approximate surface area is 74.3 Å². The van der Waals surface area contributed by atoms with Gasteiger partial charge in [0.1, 0.15) is 0 Å². The third-order valence-corrected chi connectivity index (χ3v) is 1.50. The minimum Gasteiger partial charge on any atom is -0.481 e. The average molecular weight is 189 g/mol. The maximum absolute atomic E-state index is 10.4. The first-order valence-corrected chi connectivity index (χ1v) is 3.66. The Morgan fingerprint density at radius 1 is 1.23 bits per heavy atom. The highest BCUT2D eigenvalue weighted by molar-refractivity contribution is 5.81. The van der Waals surface area contributed by atoms with E-state index in [-0.39, 0.29) is 19.3 Å². The maximum Gasteiger partial charge on any atom is 0.307 e. The van der Waals surface area contributed by atoms with E-state index in [0.717, 1.165) is 0 Å². The largest absolute Gasteiger partial charge is 0.481 e. The summed E-state index contributed by atoms with van der Waals surface area (Å²) in [7, 11) is 0. The third kappa shape index (κ3) is 5.66. The lowest BCUT2D eigenvalue weighted by Crippen LogP contribution is -2.23. The van der Waals surface area contributed by atoms with Crippen LogP contribution in [-0.4, -0.2) is 28.1 Å². The lowest BCUT2D eigenvalue weighted by atomic mass is 9.99. The predicted octanol–water partition coefficient (Wildman–Crippen LogP) is -0.573. The number of nitrogens with two attached hydrogens (primary N) is 1. The van der Waals surface area contributed by atoms with Crippen LogP contribution in [0.25, 0.3) is 0 Å². The van der Waals surface area contributed by atoms with Gasteiger partial charge in [0.25, 0.3) is 0 Å². The highest BCUT2D eigenvalue weighted by Gasteiger charge is 2.20. The van der Waals surface area contributed by atoms with E-state index in [9.17, 15) is 14.4 Å². The van der Waals surface area contributed by atoms with Crippen molar-refractivity contribution >= 4 is 17.8 Å². The quantitative estimate of drug-likeness (QED) is 0.517. The number of carboxylic acid groups (broad SMARTS) is 2. The van der Waals surface area contributed by atoms with Gasteiger partial charge in [0.15, 0.2) is 0 Å². The molecule has 0 rings (SSSR count). The number of amides is 1. The molecule has 1 unspecified atom stereocenters. The van der Waals surface area contributed by atoms with Crippen LogP contribution in [0.15, 0.2) is 0 Å². The summed E-state index contributed by atoms with van der Waals surface area (Å²) in [4.78, 5) is 30.9. The summed E-state index contributed by atoms with van der Waals surface area (Å²) in [5.41, 5.74) is 4.79. The molecule has 0 aliphatic rings. The molecule has 0 saturated heterocycles. The van der Waals surface area contributed by atoms with E-state index < -0.39 is 23.8 Å². The van der Waals surface area contributed by atoms with E-state index in [4.69, 9.17) is 15.9 Å². The van der Waals surface area contributed by atoms with Crippen molar-refractivity contribution in [1.82, 2.24) is 0 Å². The predicted molar refractivity (Wildman–Crippen MR) is 41.8 cm³/mol. The van der Waals surface area contributed by atoms with E-state index in [1.165, 1.54) is 0 Å². The van der Waals surface area contributed by atoms with Crippen LogP contribution in [0.3, 0.4) is 0 Å². The zero-order valence-corrected chi connectivity index (χ0v) is 6.90. The Bertz CT molecular complexity index is 225. The van der Waals surface area contributed by atoms with Crippen molar-refractivity contribution < 1.29 is 24.6 Å². The fraction of sp³-hybridized carbons (Fsp3) is 0.571. The van der Waals surface area contributed by atoms with Gasteiger partial charge in [-0.05, 0) is 6.42 Å². The molecule has 6 nitrogen and oxygen atoms in total. The van der Waals surface area contributed by atoms with Crippen LogP contribution < -0.4 is 5.73 Å².